The van der Waals surface area contributed by atoms with Gasteiger partial charge in [0.05, 0.1) is 5.56 Å². The number of halogens is 2. The summed E-state index contributed by atoms with van der Waals surface area (Å²) in [7, 11) is 0. The number of pyridine rings is 1. The molecule has 1 aromatic carbocycles. The molecule has 0 aliphatic carbocycles. The van der Waals surface area contributed by atoms with Crippen molar-refractivity contribution >= 4 is 11.6 Å². The van der Waals surface area contributed by atoms with E-state index < -0.39 is 0 Å². The van der Waals surface area contributed by atoms with Gasteiger partial charge in [-0.25, -0.2) is 4.39 Å². The summed E-state index contributed by atoms with van der Waals surface area (Å²) in [4.78, 5) is 3.92. The van der Waals surface area contributed by atoms with Gasteiger partial charge >= 0.3 is 0 Å². The second-order valence-electron chi connectivity index (χ2n) is 4.03. The van der Waals surface area contributed by atoms with Gasteiger partial charge in [-0.1, -0.05) is 11.8 Å². The number of rotatable bonds is 4. The van der Waals surface area contributed by atoms with Crippen molar-refractivity contribution < 1.29 is 9.13 Å². The summed E-state index contributed by atoms with van der Waals surface area (Å²) >= 11 is 5.51. The monoisotopic (exact) mass is 289 g/mol. The topological polar surface area (TPSA) is 22.1 Å². The van der Waals surface area contributed by atoms with Crippen LogP contribution in [-0.2, 0) is 6.61 Å². The molecular formula is C16H13ClFNO. The van der Waals surface area contributed by atoms with Gasteiger partial charge in [0.2, 0.25) is 0 Å². The van der Waals surface area contributed by atoms with Gasteiger partial charge in [-0.05, 0) is 29.8 Å². The number of aromatic nitrogens is 1. The zero-order valence-electron chi connectivity index (χ0n) is 10.8. The van der Waals surface area contributed by atoms with Crippen LogP contribution in [0.5, 0.6) is 5.75 Å². The van der Waals surface area contributed by atoms with Gasteiger partial charge in [-0.15, -0.1) is 11.6 Å². The summed E-state index contributed by atoms with van der Waals surface area (Å²) < 4.78 is 19.3. The van der Waals surface area contributed by atoms with Gasteiger partial charge < -0.3 is 4.74 Å². The van der Waals surface area contributed by atoms with Crippen LogP contribution in [0.2, 0.25) is 0 Å². The standard InChI is InChI=1S/C16H13ClFNO/c17-8-2-1-3-14-4-5-15(11-16(14)18)20-12-13-6-9-19-10-7-13/h4-7,9-11H,2,8,12H2. The zero-order chi connectivity index (χ0) is 14.2. The Morgan fingerprint density at radius 3 is 2.70 bits per heavy atom. The lowest BCUT2D eigenvalue weighted by Gasteiger charge is -2.06. The van der Waals surface area contributed by atoms with Crippen LogP contribution in [-0.4, -0.2) is 10.9 Å². The molecule has 1 heterocycles. The van der Waals surface area contributed by atoms with Gasteiger partial charge in [-0.3, -0.25) is 4.98 Å². The van der Waals surface area contributed by atoms with E-state index in [0.717, 1.165) is 5.56 Å². The second-order valence-corrected chi connectivity index (χ2v) is 4.40. The highest BCUT2D eigenvalue weighted by atomic mass is 35.5. The zero-order valence-corrected chi connectivity index (χ0v) is 11.5. The minimum atomic E-state index is -0.390. The normalized spacial score (nSPS) is 9.70. The lowest BCUT2D eigenvalue weighted by Crippen LogP contribution is -1.96. The molecular weight excluding hydrogens is 277 g/mol. The largest absolute Gasteiger partial charge is 0.489 e. The molecule has 0 radical (unpaired) electrons. The number of alkyl halides is 1. The molecule has 2 rings (SSSR count). The van der Waals surface area contributed by atoms with Gasteiger partial charge in [0, 0.05) is 30.8 Å². The Hall–Kier alpha value is -2.05. The molecule has 0 aliphatic rings. The van der Waals surface area contributed by atoms with Crippen molar-refractivity contribution in [1.29, 1.82) is 0 Å². The summed E-state index contributed by atoms with van der Waals surface area (Å²) in [6.45, 7) is 0.374. The summed E-state index contributed by atoms with van der Waals surface area (Å²) in [5.74, 6) is 6.07. The average molecular weight is 290 g/mol. The maximum Gasteiger partial charge on any atom is 0.142 e. The first kappa shape index (κ1) is 14.4. The van der Waals surface area contributed by atoms with Crippen molar-refractivity contribution in [2.24, 2.45) is 0 Å². The fraction of sp³-hybridized carbons (Fsp3) is 0.188. The summed E-state index contributed by atoms with van der Waals surface area (Å²) in [6, 6.07) is 8.35. The van der Waals surface area contributed by atoms with Crippen LogP contribution < -0.4 is 4.74 Å². The maximum atomic E-state index is 13.8. The minimum Gasteiger partial charge on any atom is -0.489 e. The van der Waals surface area contributed by atoms with Crippen LogP contribution in [0.3, 0.4) is 0 Å². The predicted octanol–water partition coefficient (Wildman–Crippen LogP) is 3.78. The van der Waals surface area contributed by atoms with E-state index in [1.165, 1.54) is 6.07 Å². The van der Waals surface area contributed by atoms with E-state index in [1.54, 1.807) is 24.5 Å². The van der Waals surface area contributed by atoms with E-state index in [-0.39, 0.29) is 5.82 Å². The predicted molar refractivity (Wildman–Crippen MR) is 77.2 cm³/mol. The molecule has 2 aromatic rings. The molecule has 102 valence electrons. The van der Waals surface area contributed by atoms with E-state index in [0.29, 0.717) is 30.2 Å². The molecule has 0 spiro atoms. The third-order valence-corrected chi connectivity index (χ3v) is 2.73. The Morgan fingerprint density at radius 1 is 1.20 bits per heavy atom. The van der Waals surface area contributed by atoms with Crippen LogP contribution in [0.1, 0.15) is 17.5 Å². The highest BCUT2D eigenvalue weighted by Gasteiger charge is 2.02. The number of ether oxygens (including phenoxy) is 1. The molecule has 0 N–H and O–H groups in total. The van der Waals surface area contributed by atoms with Crippen LogP contribution in [0, 0.1) is 17.7 Å². The van der Waals surface area contributed by atoms with Crippen molar-refractivity contribution in [3.8, 4) is 17.6 Å². The Kier molecular flexibility index (Phi) is 5.40. The second kappa shape index (κ2) is 7.52. The minimum absolute atomic E-state index is 0.353. The number of benzene rings is 1. The quantitative estimate of drug-likeness (QED) is 0.631. The third-order valence-electron chi connectivity index (χ3n) is 2.54. The van der Waals surface area contributed by atoms with Crippen LogP contribution in [0.4, 0.5) is 4.39 Å². The molecule has 0 unspecified atom stereocenters. The number of hydrogen-bond acceptors (Lipinski definition) is 2. The number of nitrogens with zero attached hydrogens (tertiary/aromatic N) is 1. The third kappa shape index (κ3) is 4.25. The van der Waals surface area contributed by atoms with Gasteiger partial charge in [-0.2, -0.15) is 0 Å². The molecule has 0 amide bonds. The molecule has 0 saturated heterocycles. The van der Waals surface area contributed by atoms with Gasteiger partial charge in [0.1, 0.15) is 18.2 Å². The average Bonchev–Trinajstić information content (AvgIpc) is 2.48. The van der Waals surface area contributed by atoms with Crippen molar-refractivity contribution in [1.82, 2.24) is 4.98 Å². The van der Waals surface area contributed by atoms with E-state index in [9.17, 15) is 4.39 Å². The summed E-state index contributed by atoms with van der Waals surface area (Å²) in [6.07, 6.45) is 3.92. The first-order valence-electron chi connectivity index (χ1n) is 6.15. The Balaban J connectivity index is 2.01. The molecule has 0 fully saturated rings. The van der Waals surface area contributed by atoms with E-state index in [2.05, 4.69) is 16.8 Å². The molecule has 2 nitrogen and oxygen atoms in total. The van der Waals surface area contributed by atoms with E-state index in [1.807, 2.05) is 12.1 Å². The SMILES string of the molecule is Fc1cc(OCc2ccncc2)ccc1C#CCCCl. The fourth-order valence-corrected chi connectivity index (χ4v) is 1.63. The van der Waals surface area contributed by atoms with Crippen molar-refractivity contribution in [2.45, 2.75) is 13.0 Å². The van der Waals surface area contributed by atoms with Crippen LogP contribution in [0.25, 0.3) is 0 Å². The lowest BCUT2D eigenvalue weighted by molar-refractivity contribution is 0.304. The first-order valence-corrected chi connectivity index (χ1v) is 6.69. The van der Waals surface area contributed by atoms with Gasteiger partial charge in [0.25, 0.3) is 0 Å². The summed E-state index contributed by atoms with van der Waals surface area (Å²) in [5.41, 5.74) is 1.33. The van der Waals surface area contributed by atoms with Gasteiger partial charge in [0.15, 0.2) is 0 Å². The Bertz CT molecular complexity index is 619. The lowest BCUT2D eigenvalue weighted by atomic mass is 10.2. The fourth-order valence-electron chi connectivity index (χ4n) is 1.54. The van der Waals surface area contributed by atoms with E-state index >= 15 is 0 Å². The smallest absolute Gasteiger partial charge is 0.142 e. The van der Waals surface area contributed by atoms with Crippen LogP contribution in [0.15, 0.2) is 42.7 Å². The molecule has 0 saturated carbocycles. The molecule has 0 atom stereocenters. The molecule has 0 aliphatic heterocycles. The Morgan fingerprint density at radius 2 is 2.00 bits per heavy atom. The summed E-state index contributed by atoms with van der Waals surface area (Å²) in [5, 5.41) is 0. The first-order chi connectivity index (χ1) is 9.79. The number of hydrogen-bond donors (Lipinski definition) is 0. The molecule has 4 heteroatoms. The van der Waals surface area contributed by atoms with Crippen LogP contribution >= 0.6 is 11.6 Å². The Labute approximate surface area is 122 Å². The highest BCUT2D eigenvalue weighted by molar-refractivity contribution is 6.18. The van der Waals surface area contributed by atoms with Crippen molar-refractivity contribution in [3.63, 3.8) is 0 Å². The van der Waals surface area contributed by atoms with Crippen molar-refractivity contribution in [3.05, 3.63) is 59.7 Å². The highest BCUT2D eigenvalue weighted by Crippen LogP contribution is 2.17. The maximum absolute atomic E-state index is 13.8. The molecule has 20 heavy (non-hydrogen) atoms. The molecule has 0 bridgehead atoms. The molecule has 1 aromatic heterocycles. The van der Waals surface area contributed by atoms with E-state index in [4.69, 9.17) is 16.3 Å². The van der Waals surface area contributed by atoms with Crippen molar-refractivity contribution in [2.75, 3.05) is 5.88 Å².